The second-order valence-electron chi connectivity index (χ2n) is 6.38. The second kappa shape index (κ2) is 9.79. The molecule has 1 aromatic rings. The van der Waals surface area contributed by atoms with Crippen molar-refractivity contribution in [3.05, 3.63) is 30.3 Å². The molecule has 2 N–H and O–H groups in total. The van der Waals surface area contributed by atoms with E-state index in [0.29, 0.717) is 6.54 Å². The number of hydrogen-bond acceptors (Lipinski definition) is 6. The molecule has 0 radical (unpaired) electrons. The average Bonchev–Trinajstić information content (AvgIpc) is 3.13. The van der Waals surface area contributed by atoms with Gasteiger partial charge in [0.15, 0.2) is 0 Å². The van der Waals surface area contributed by atoms with Crippen molar-refractivity contribution in [3.63, 3.8) is 0 Å². The van der Waals surface area contributed by atoms with Crippen molar-refractivity contribution in [2.45, 2.75) is 17.5 Å². The molecule has 0 aliphatic carbocycles. The summed E-state index contributed by atoms with van der Waals surface area (Å²) in [4.78, 5) is 25.8. The Balaban J connectivity index is 1.86. The topological polar surface area (TPSA) is 108 Å². The minimum absolute atomic E-state index is 0.101. The second-order valence-corrected chi connectivity index (χ2v) is 8.27. The number of amides is 2. The summed E-state index contributed by atoms with van der Waals surface area (Å²) >= 11 is 0. The first-order valence-electron chi connectivity index (χ1n) is 8.71. The van der Waals surface area contributed by atoms with Crippen LogP contribution in [0.25, 0.3) is 0 Å². The monoisotopic (exact) mass is 398 g/mol. The van der Waals surface area contributed by atoms with Gasteiger partial charge in [0.1, 0.15) is 6.23 Å². The van der Waals surface area contributed by atoms with Crippen molar-refractivity contribution >= 4 is 21.8 Å². The van der Waals surface area contributed by atoms with E-state index in [-0.39, 0.29) is 24.6 Å². The summed E-state index contributed by atoms with van der Waals surface area (Å²) in [6.07, 6.45) is -0.124. The molecule has 0 bridgehead atoms. The van der Waals surface area contributed by atoms with E-state index in [1.807, 2.05) is 19.0 Å². The molecule has 1 aromatic carbocycles. The Hall–Kier alpha value is -2.01. The Morgan fingerprint density at radius 3 is 2.52 bits per heavy atom. The maximum absolute atomic E-state index is 12.7. The zero-order chi connectivity index (χ0) is 19.9. The molecule has 150 valence electrons. The molecule has 1 atom stereocenters. The molecule has 1 saturated heterocycles. The highest BCUT2D eigenvalue weighted by molar-refractivity contribution is 7.89. The molecule has 2 rings (SSSR count). The van der Waals surface area contributed by atoms with Crippen molar-refractivity contribution in [2.24, 2.45) is 0 Å². The van der Waals surface area contributed by atoms with Gasteiger partial charge < -0.3 is 20.3 Å². The van der Waals surface area contributed by atoms with E-state index < -0.39 is 28.1 Å². The van der Waals surface area contributed by atoms with E-state index in [1.54, 1.807) is 18.2 Å². The van der Waals surface area contributed by atoms with Crippen LogP contribution in [0.5, 0.6) is 0 Å². The lowest BCUT2D eigenvalue weighted by Gasteiger charge is -2.22. The van der Waals surface area contributed by atoms with E-state index in [2.05, 4.69) is 10.6 Å². The molecule has 0 aromatic heterocycles. The largest absolute Gasteiger partial charge is 0.359 e. The number of nitrogens with one attached hydrogen (secondary N) is 2. The third-order valence-electron chi connectivity index (χ3n) is 4.00. The summed E-state index contributed by atoms with van der Waals surface area (Å²) in [5.41, 5.74) is 0. The Kier molecular flexibility index (Phi) is 7.72. The van der Waals surface area contributed by atoms with Gasteiger partial charge in [0.05, 0.1) is 18.0 Å². The van der Waals surface area contributed by atoms with E-state index in [1.165, 1.54) is 16.4 Å². The average molecular weight is 398 g/mol. The predicted octanol–water partition coefficient (Wildman–Crippen LogP) is -0.782. The molecular formula is C17H26N4O5S. The third-order valence-corrected chi connectivity index (χ3v) is 5.91. The minimum atomic E-state index is -3.73. The number of ether oxygens (including phenoxy) is 1. The van der Waals surface area contributed by atoms with Crippen molar-refractivity contribution in [1.29, 1.82) is 0 Å². The van der Waals surface area contributed by atoms with Gasteiger partial charge in [-0.05, 0) is 39.2 Å². The molecule has 0 saturated carbocycles. The van der Waals surface area contributed by atoms with Gasteiger partial charge in [0, 0.05) is 13.1 Å². The van der Waals surface area contributed by atoms with Crippen LogP contribution in [-0.2, 0) is 24.3 Å². The van der Waals surface area contributed by atoms with Crippen molar-refractivity contribution < 1.29 is 22.7 Å². The van der Waals surface area contributed by atoms with Crippen LogP contribution in [0.1, 0.15) is 6.42 Å². The number of rotatable bonds is 8. The van der Waals surface area contributed by atoms with Crippen LogP contribution < -0.4 is 10.6 Å². The van der Waals surface area contributed by atoms with Crippen LogP contribution in [0.15, 0.2) is 35.2 Å². The van der Waals surface area contributed by atoms with Crippen LogP contribution in [0.4, 0.5) is 0 Å². The molecule has 0 spiro atoms. The molecule has 1 heterocycles. The van der Waals surface area contributed by atoms with E-state index >= 15 is 0 Å². The van der Waals surface area contributed by atoms with Crippen molar-refractivity contribution in [3.8, 4) is 0 Å². The van der Waals surface area contributed by atoms with Crippen LogP contribution in [0, 0.1) is 0 Å². The maximum atomic E-state index is 12.7. The van der Waals surface area contributed by atoms with Gasteiger partial charge in [0.25, 0.3) is 0 Å². The van der Waals surface area contributed by atoms with Crippen LogP contribution >= 0.6 is 0 Å². The summed E-state index contributed by atoms with van der Waals surface area (Å²) in [7, 11) is 0.114. The molecular weight excluding hydrogens is 372 g/mol. The molecule has 1 aliphatic rings. The molecule has 1 aliphatic heterocycles. The fourth-order valence-corrected chi connectivity index (χ4v) is 4.14. The summed E-state index contributed by atoms with van der Waals surface area (Å²) in [5, 5.41) is 4.97. The number of benzene rings is 1. The first-order valence-corrected chi connectivity index (χ1v) is 10.2. The van der Waals surface area contributed by atoms with Gasteiger partial charge in [-0.1, -0.05) is 18.2 Å². The summed E-state index contributed by atoms with van der Waals surface area (Å²) in [5.74, 6) is -1.56. The lowest BCUT2D eigenvalue weighted by molar-refractivity contribution is -0.139. The first-order chi connectivity index (χ1) is 12.8. The van der Waals surface area contributed by atoms with Crippen LogP contribution in [-0.4, -0.2) is 82.5 Å². The van der Waals surface area contributed by atoms with E-state index in [4.69, 9.17) is 4.74 Å². The highest BCUT2D eigenvalue weighted by Gasteiger charge is 2.36. The van der Waals surface area contributed by atoms with Gasteiger partial charge in [0.2, 0.25) is 10.0 Å². The van der Waals surface area contributed by atoms with Gasteiger partial charge in [-0.3, -0.25) is 9.59 Å². The third kappa shape index (κ3) is 5.99. The predicted molar refractivity (Wildman–Crippen MR) is 99.3 cm³/mol. The lowest BCUT2D eigenvalue weighted by atomic mass is 10.4. The number of carbonyl (C=O) groups is 2. The van der Waals surface area contributed by atoms with Gasteiger partial charge >= 0.3 is 11.8 Å². The smallest absolute Gasteiger partial charge is 0.309 e. The van der Waals surface area contributed by atoms with Crippen LogP contribution in [0.2, 0.25) is 0 Å². The van der Waals surface area contributed by atoms with Gasteiger partial charge in [-0.15, -0.1) is 0 Å². The Morgan fingerprint density at radius 2 is 1.85 bits per heavy atom. The minimum Gasteiger partial charge on any atom is -0.359 e. The highest BCUT2D eigenvalue weighted by atomic mass is 32.2. The number of sulfonamides is 1. The van der Waals surface area contributed by atoms with E-state index in [9.17, 15) is 18.0 Å². The maximum Gasteiger partial charge on any atom is 0.309 e. The zero-order valence-corrected chi connectivity index (χ0v) is 16.4. The summed E-state index contributed by atoms with van der Waals surface area (Å²) in [6, 6.07) is 8.02. The van der Waals surface area contributed by atoms with Crippen molar-refractivity contribution in [1.82, 2.24) is 19.8 Å². The van der Waals surface area contributed by atoms with E-state index in [0.717, 1.165) is 13.0 Å². The number of nitrogens with zero attached hydrogens (tertiary/aromatic N) is 2. The fraction of sp³-hybridized carbons (Fsp3) is 0.529. The molecule has 10 heteroatoms. The normalized spacial score (nSPS) is 17.8. The zero-order valence-electron chi connectivity index (χ0n) is 15.6. The first kappa shape index (κ1) is 21.3. The quantitative estimate of drug-likeness (QED) is 0.439. The molecule has 1 fully saturated rings. The van der Waals surface area contributed by atoms with Gasteiger partial charge in [-0.2, -0.15) is 4.31 Å². The number of hydrogen-bond donors (Lipinski definition) is 2. The van der Waals surface area contributed by atoms with Gasteiger partial charge in [-0.25, -0.2) is 8.42 Å². The van der Waals surface area contributed by atoms with Crippen LogP contribution in [0.3, 0.4) is 0 Å². The number of carbonyl (C=O) groups excluding carboxylic acids is 2. The molecule has 0 unspecified atom stereocenters. The lowest BCUT2D eigenvalue weighted by Crippen LogP contribution is -2.47. The molecule has 9 nitrogen and oxygen atoms in total. The summed E-state index contributed by atoms with van der Waals surface area (Å²) in [6.45, 7) is 1.50. The fourth-order valence-electron chi connectivity index (χ4n) is 2.61. The Labute approximate surface area is 159 Å². The Bertz CT molecular complexity index is 739. The molecule has 2 amide bonds. The standard InChI is InChI=1S/C17H26N4O5S/c1-20(2)10-6-9-18-16(22)17(23)19-13-15-21(11-12-26-15)27(24,25)14-7-4-3-5-8-14/h3-5,7-8,15H,6,9-13H2,1-2H3,(H,18,22)(H,19,23)/t15-/m0/s1. The Morgan fingerprint density at radius 1 is 1.19 bits per heavy atom. The highest BCUT2D eigenvalue weighted by Crippen LogP contribution is 2.21. The van der Waals surface area contributed by atoms with Crippen molar-refractivity contribution in [2.75, 3.05) is 46.9 Å². The SMILES string of the molecule is CN(C)CCCNC(=O)C(=O)NC[C@@H]1OCCN1S(=O)(=O)c1ccccc1. The molecule has 27 heavy (non-hydrogen) atoms. The summed E-state index contributed by atoms with van der Waals surface area (Å²) < 4.78 is 32.0.